The topological polar surface area (TPSA) is 98.6 Å². The SMILES string of the molecule is COCc1ccccc1NC(N)=NCc1nc(-c2cccc(Cl)c2)no1.I. The van der Waals surface area contributed by atoms with Crippen molar-refractivity contribution in [2.75, 3.05) is 12.4 Å². The summed E-state index contributed by atoms with van der Waals surface area (Å²) >= 11 is 5.97. The van der Waals surface area contributed by atoms with Gasteiger partial charge in [0.05, 0.1) is 6.61 Å². The van der Waals surface area contributed by atoms with Crippen molar-refractivity contribution in [2.24, 2.45) is 10.7 Å². The summed E-state index contributed by atoms with van der Waals surface area (Å²) in [6.07, 6.45) is 0. The summed E-state index contributed by atoms with van der Waals surface area (Å²) in [4.78, 5) is 8.54. The monoisotopic (exact) mass is 499 g/mol. The molecule has 0 aliphatic rings. The smallest absolute Gasteiger partial charge is 0.248 e. The van der Waals surface area contributed by atoms with Gasteiger partial charge in [-0.3, -0.25) is 0 Å². The Balaban J connectivity index is 0.00000261. The van der Waals surface area contributed by atoms with Crippen LogP contribution in [0.4, 0.5) is 5.69 Å². The van der Waals surface area contributed by atoms with Crippen molar-refractivity contribution in [3.05, 3.63) is 65.0 Å². The predicted octanol–water partition coefficient (Wildman–Crippen LogP) is 4.08. The van der Waals surface area contributed by atoms with Crippen molar-refractivity contribution in [1.82, 2.24) is 10.1 Å². The molecule has 0 saturated carbocycles. The quantitative estimate of drug-likeness (QED) is 0.301. The van der Waals surface area contributed by atoms with E-state index in [9.17, 15) is 0 Å². The van der Waals surface area contributed by atoms with E-state index in [1.165, 1.54) is 0 Å². The van der Waals surface area contributed by atoms with E-state index in [-0.39, 0.29) is 36.5 Å². The summed E-state index contributed by atoms with van der Waals surface area (Å²) in [5.41, 5.74) is 8.54. The number of nitrogens with zero attached hydrogens (tertiary/aromatic N) is 3. The van der Waals surface area contributed by atoms with Crippen LogP contribution in [0.15, 0.2) is 58.0 Å². The number of ether oxygens (including phenoxy) is 1. The molecular formula is C18H19ClIN5O2. The van der Waals surface area contributed by atoms with Crippen molar-refractivity contribution in [3.8, 4) is 11.4 Å². The van der Waals surface area contributed by atoms with Crippen LogP contribution in [-0.4, -0.2) is 23.2 Å². The van der Waals surface area contributed by atoms with E-state index >= 15 is 0 Å². The number of nitrogens with two attached hydrogens (primary N) is 1. The molecule has 1 heterocycles. The molecule has 0 radical (unpaired) electrons. The number of nitrogens with one attached hydrogen (secondary N) is 1. The fourth-order valence-corrected chi connectivity index (χ4v) is 2.51. The van der Waals surface area contributed by atoms with Gasteiger partial charge in [0.15, 0.2) is 5.96 Å². The van der Waals surface area contributed by atoms with Crippen molar-refractivity contribution in [3.63, 3.8) is 0 Å². The van der Waals surface area contributed by atoms with Gasteiger partial charge in [-0.1, -0.05) is 47.1 Å². The van der Waals surface area contributed by atoms with Gasteiger partial charge < -0.3 is 20.3 Å². The molecule has 7 nitrogen and oxygen atoms in total. The molecule has 0 atom stereocenters. The van der Waals surface area contributed by atoms with E-state index in [0.717, 1.165) is 16.8 Å². The fourth-order valence-electron chi connectivity index (χ4n) is 2.32. The number of anilines is 1. The molecule has 27 heavy (non-hydrogen) atoms. The molecule has 142 valence electrons. The number of guanidine groups is 1. The van der Waals surface area contributed by atoms with Crippen molar-refractivity contribution < 1.29 is 9.26 Å². The molecule has 0 fully saturated rings. The first kappa shape index (κ1) is 21.1. The summed E-state index contributed by atoms with van der Waals surface area (Å²) < 4.78 is 10.4. The van der Waals surface area contributed by atoms with Gasteiger partial charge in [-0.2, -0.15) is 4.98 Å². The number of methoxy groups -OCH3 is 1. The third kappa shape index (κ3) is 5.91. The number of benzene rings is 2. The van der Waals surface area contributed by atoms with Crippen LogP contribution >= 0.6 is 35.6 Å². The Morgan fingerprint density at radius 2 is 2.07 bits per heavy atom. The van der Waals surface area contributed by atoms with Gasteiger partial charge >= 0.3 is 0 Å². The standard InChI is InChI=1S/C18H18ClN5O2.HI/c1-25-11-13-5-2-3-8-15(13)22-18(20)21-10-16-23-17(24-26-16)12-6-4-7-14(19)9-12;/h2-9H,10-11H2,1H3,(H3,20,21,22);1H. The molecule has 0 aliphatic carbocycles. The number of aromatic nitrogens is 2. The lowest BCUT2D eigenvalue weighted by Crippen LogP contribution is -2.23. The summed E-state index contributed by atoms with van der Waals surface area (Å²) in [7, 11) is 1.64. The zero-order valence-corrected chi connectivity index (χ0v) is 17.6. The van der Waals surface area contributed by atoms with Crippen LogP contribution in [0.1, 0.15) is 11.5 Å². The maximum Gasteiger partial charge on any atom is 0.248 e. The molecule has 0 bridgehead atoms. The van der Waals surface area contributed by atoms with E-state index < -0.39 is 0 Å². The Kier molecular flexibility index (Phi) is 8.01. The van der Waals surface area contributed by atoms with Crippen LogP contribution in [0, 0.1) is 0 Å². The number of hydrogen-bond acceptors (Lipinski definition) is 5. The summed E-state index contributed by atoms with van der Waals surface area (Å²) in [6.45, 7) is 0.641. The average molecular weight is 500 g/mol. The minimum atomic E-state index is 0. The van der Waals surface area contributed by atoms with Gasteiger partial charge in [-0.05, 0) is 18.2 Å². The van der Waals surface area contributed by atoms with Gasteiger partial charge in [0.1, 0.15) is 6.54 Å². The first-order valence-corrected chi connectivity index (χ1v) is 8.26. The van der Waals surface area contributed by atoms with Gasteiger partial charge in [0.25, 0.3) is 0 Å². The maximum atomic E-state index is 5.97. The van der Waals surface area contributed by atoms with Crippen LogP contribution < -0.4 is 11.1 Å². The molecule has 0 spiro atoms. The fraction of sp³-hybridized carbons (Fsp3) is 0.167. The van der Waals surface area contributed by atoms with E-state index in [1.54, 1.807) is 19.2 Å². The molecule has 0 aliphatic heterocycles. The lowest BCUT2D eigenvalue weighted by Gasteiger charge is -2.10. The highest BCUT2D eigenvalue weighted by molar-refractivity contribution is 14.0. The second kappa shape index (κ2) is 10.2. The maximum absolute atomic E-state index is 5.97. The zero-order valence-electron chi connectivity index (χ0n) is 14.6. The van der Waals surface area contributed by atoms with E-state index in [4.69, 9.17) is 26.6 Å². The van der Waals surface area contributed by atoms with Gasteiger partial charge in [0, 0.05) is 28.9 Å². The normalized spacial score (nSPS) is 11.1. The van der Waals surface area contributed by atoms with Gasteiger partial charge in [-0.15, -0.1) is 24.0 Å². The number of hydrogen-bond donors (Lipinski definition) is 2. The van der Waals surface area contributed by atoms with Crippen molar-refractivity contribution >= 4 is 47.2 Å². The van der Waals surface area contributed by atoms with Crippen LogP contribution in [0.25, 0.3) is 11.4 Å². The molecule has 3 aromatic rings. The van der Waals surface area contributed by atoms with Crippen molar-refractivity contribution in [1.29, 1.82) is 0 Å². The minimum absolute atomic E-state index is 0. The third-order valence-electron chi connectivity index (χ3n) is 3.52. The second-order valence-corrected chi connectivity index (χ2v) is 5.88. The summed E-state index contributed by atoms with van der Waals surface area (Å²) in [6, 6.07) is 14.9. The highest BCUT2D eigenvalue weighted by Gasteiger charge is 2.09. The molecule has 2 aromatic carbocycles. The third-order valence-corrected chi connectivity index (χ3v) is 3.75. The van der Waals surface area contributed by atoms with Gasteiger partial charge in [0.2, 0.25) is 11.7 Å². The number of aliphatic imine (C=N–C) groups is 1. The predicted molar refractivity (Wildman–Crippen MR) is 116 cm³/mol. The van der Waals surface area contributed by atoms with Gasteiger partial charge in [-0.25, -0.2) is 4.99 Å². The van der Waals surface area contributed by atoms with Crippen LogP contribution in [0.5, 0.6) is 0 Å². The van der Waals surface area contributed by atoms with Crippen molar-refractivity contribution in [2.45, 2.75) is 13.2 Å². The molecule has 3 N–H and O–H groups in total. The Morgan fingerprint density at radius 1 is 1.26 bits per heavy atom. The minimum Gasteiger partial charge on any atom is -0.380 e. The van der Waals surface area contributed by atoms with Crippen LogP contribution in [0.2, 0.25) is 5.02 Å². The Morgan fingerprint density at radius 3 is 2.85 bits per heavy atom. The van der Waals surface area contributed by atoms with Crippen LogP contribution in [0.3, 0.4) is 0 Å². The van der Waals surface area contributed by atoms with E-state index in [1.807, 2.05) is 36.4 Å². The molecule has 0 unspecified atom stereocenters. The van der Waals surface area contributed by atoms with E-state index in [0.29, 0.717) is 23.3 Å². The summed E-state index contributed by atoms with van der Waals surface area (Å²) in [5.74, 6) is 1.06. The number of para-hydroxylation sites is 1. The molecule has 1 aromatic heterocycles. The largest absolute Gasteiger partial charge is 0.380 e. The Hall–Kier alpha value is -2.17. The van der Waals surface area contributed by atoms with Crippen LogP contribution in [-0.2, 0) is 17.9 Å². The lowest BCUT2D eigenvalue weighted by atomic mass is 10.2. The highest BCUT2D eigenvalue weighted by atomic mass is 127. The first-order chi connectivity index (χ1) is 12.7. The zero-order chi connectivity index (χ0) is 18.4. The lowest BCUT2D eigenvalue weighted by molar-refractivity contribution is 0.185. The number of rotatable bonds is 6. The molecule has 3 rings (SSSR count). The highest BCUT2D eigenvalue weighted by Crippen LogP contribution is 2.20. The summed E-state index contributed by atoms with van der Waals surface area (Å²) in [5, 5.41) is 7.59. The van der Waals surface area contributed by atoms with E-state index in [2.05, 4.69) is 20.4 Å². The number of halogens is 2. The Bertz CT molecular complexity index is 916. The second-order valence-electron chi connectivity index (χ2n) is 5.44. The average Bonchev–Trinajstić information content (AvgIpc) is 3.11. The molecule has 9 heteroatoms. The molecule has 0 amide bonds. The molecule has 0 saturated heterocycles. The molecular weight excluding hydrogens is 481 g/mol. The Labute approximate surface area is 179 Å². The first-order valence-electron chi connectivity index (χ1n) is 7.88.